The predicted octanol–water partition coefficient (Wildman–Crippen LogP) is 2.90. The molecule has 3 aromatic rings. The third kappa shape index (κ3) is 2.89. The maximum absolute atomic E-state index is 12.5. The molecule has 3 rings (SSSR count). The van der Waals surface area contributed by atoms with E-state index in [9.17, 15) is 4.79 Å². The first-order valence-corrected chi connectivity index (χ1v) is 6.73. The Morgan fingerprint density at radius 1 is 1.14 bits per heavy atom. The summed E-state index contributed by atoms with van der Waals surface area (Å²) in [5.74, 6) is -0.00962. The van der Waals surface area contributed by atoms with E-state index >= 15 is 0 Å². The average Bonchev–Trinajstić information content (AvgIpc) is 2.54. The van der Waals surface area contributed by atoms with Crippen molar-refractivity contribution in [1.82, 2.24) is 14.9 Å². The average molecular weight is 277 g/mol. The Labute approximate surface area is 123 Å². The molecule has 0 saturated carbocycles. The number of amides is 1. The van der Waals surface area contributed by atoms with Gasteiger partial charge in [-0.2, -0.15) is 0 Å². The normalized spacial score (nSPS) is 10.5. The summed E-state index contributed by atoms with van der Waals surface area (Å²) in [4.78, 5) is 22.5. The van der Waals surface area contributed by atoms with Crippen LogP contribution in [-0.4, -0.2) is 27.8 Å². The van der Waals surface area contributed by atoms with Crippen molar-refractivity contribution in [3.63, 3.8) is 0 Å². The van der Waals surface area contributed by atoms with E-state index < -0.39 is 0 Å². The maximum atomic E-state index is 12.5. The van der Waals surface area contributed by atoms with Crippen molar-refractivity contribution in [3.05, 3.63) is 72.2 Å². The molecule has 1 amide bonds. The molecular formula is C17H15N3O. The number of aromatic nitrogens is 2. The highest BCUT2D eigenvalue weighted by molar-refractivity contribution is 5.97. The van der Waals surface area contributed by atoms with E-state index in [0.717, 1.165) is 16.5 Å². The predicted molar refractivity (Wildman–Crippen MR) is 81.8 cm³/mol. The summed E-state index contributed by atoms with van der Waals surface area (Å²) in [7, 11) is 1.79. The van der Waals surface area contributed by atoms with Gasteiger partial charge in [0, 0.05) is 43.1 Å². The monoisotopic (exact) mass is 277 g/mol. The minimum absolute atomic E-state index is 0.00962. The highest BCUT2D eigenvalue weighted by Crippen LogP contribution is 2.15. The van der Waals surface area contributed by atoms with E-state index in [1.807, 2.05) is 42.5 Å². The second-order valence-electron chi connectivity index (χ2n) is 4.93. The maximum Gasteiger partial charge on any atom is 0.253 e. The van der Waals surface area contributed by atoms with Gasteiger partial charge in [-0.25, -0.2) is 0 Å². The molecule has 0 aliphatic carbocycles. The van der Waals surface area contributed by atoms with Crippen LogP contribution in [0.5, 0.6) is 0 Å². The Hall–Kier alpha value is -2.75. The third-order valence-electron chi connectivity index (χ3n) is 3.34. The van der Waals surface area contributed by atoms with Crippen LogP contribution >= 0.6 is 0 Å². The van der Waals surface area contributed by atoms with Crippen LogP contribution in [0.2, 0.25) is 0 Å². The number of hydrogen-bond acceptors (Lipinski definition) is 3. The lowest BCUT2D eigenvalue weighted by molar-refractivity contribution is 0.0785. The van der Waals surface area contributed by atoms with Crippen LogP contribution in [0.15, 0.2) is 61.1 Å². The molecule has 0 fully saturated rings. The van der Waals surface area contributed by atoms with Gasteiger partial charge in [-0.05, 0) is 35.9 Å². The molecule has 0 aliphatic rings. The lowest BCUT2D eigenvalue weighted by atomic mass is 10.1. The highest BCUT2D eigenvalue weighted by Gasteiger charge is 2.12. The molecule has 104 valence electrons. The first-order chi connectivity index (χ1) is 10.2. The van der Waals surface area contributed by atoms with Gasteiger partial charge >= 0.3 is 0 Å². The van der Waals surface area contributed by atoms with E-state index in [1.54, 1.807) is 30.5 Å². The minimum Gasteiger partial charge on any atom is -0.337 e. The molecule has 2 heterocycles. The number of hydrogen-bond donors (Lipinski definition) is 0. The third-order valence-corrected chi connectivity index (χ3v) is 3.34. The van der Waals surface area contributed by atoms with Crippen LogP contribution < -0.4 is 0 Å². The Bertz CT molecular complexity index is 771. The molecule has 0 saturated heterocycles. The molecular weight excluding hydrogens is 262 g/mol. The van der Waals surface area contributed by atoms with Gasteiger partial charge < -0.3 is 4.90 Å². The molecule has 0 spiro atoms. The van der Waals surface area contributed by atoms with Gasteiger partial charge in [0.05, 0.1) is 5.52 Å². The van der Waals surface area contributed by atoms with Crippen LogP contribution in [0.4, 0.5) is 0 Å². The Balaban J connectivity index is 1.82. The van der Waals surface area contributed by atoms with Crippen molar-refractivity contribution >= 4 is 16.8 Å². The van der Waals surface area contributed by atoms with Crippen molar-refractivity contribution < 1.29 is 4.79 Å². The zero-order chi connectivity index (χ0) is 14.7. The Morgan fingerprint density at radius 3 is 2.81 bits per heavy atom. The quantitative estimate of drug-likeness (QED) is 0.739. The number of pyridine rings is 2. The van der Waals surface area contributed by atoms with E-state index in [2.05, 4.69) is 9.97 Å². The summed E-state index contributed by atoms with van der Waals surface area (Å²) in [6, 6.07) is 13.2. The van der Waals surface area contributed by atoms with Crippen LogP contribution in [0.1, 0.15) is 15.9 Å². The fraction of sp³-hybridized carbons (Fsp3) is 0.118. The molecule has 2 aromatic heterocycles. The van der Waals surface area contributed by atoms with E-state index in [1.165, 1.54) is 0 Å². The van der Waals surface area contributed by atoms with Crippen molar-refractivity contribution in [3.8, 4) is 0 Å². The van der Waals surface area contributed by atoms with Gasteiger partial charge in [-0.15, -0.1) is 0 Å². The van der Waals surface area contributed by atoms with Gasteiger partial charge in [0.25, 0.3) is 5.91 Å². The number of carbonyl (C=O) groups excluding carboxylic acids is 1. The molecule has 0 radical (unpaired) electrons. The van der Waals surface area contributed by atoms with Crippen LogP contribution in [0, 0.1) is 0 Å². The van der Waals surface area contributed by atoms with E-state index in [4.69, 9.17) is 0 Å². The Kier molecular flexibility index (Phi) is 3.60. The zero-order valence-corrected chi connectivity index (χ0v) is 11.7. The first kappa shape index (κ1) is 13.2. The summed E-state index contributed by atoms with van der Waals surface area (Å²) in [5, 5.41) is 0.970. The fourth-order valence-electron chi connectivity index (χ4n) is 2.27. The lowest BCUT2D eigenvalue weighted by Crippen LogP contribution is -2.26. The lowest BCUT2D eigenvalue weighted by Gasteiger charge is -2.17. The molecule has 0 aliphatic heterocycles. The molecule has 1 aromatic carbocycles. The van der Waals surface area contributed by atoms with Gasteiger partial charge in [0.1, 0.15) is 0 Å². The largest absolute Gasteiger partial charge is 0.337 e. The number of nitrogens with zero attached hydrogens (tertiary/aromatic N) is 3. The molecule has 4 heteroatoms. The molecule has 0 N–H and O–H groups in total. The summed E-state index contributed by atoms with van der Waals surface area (Å²) < 4.78 is 0. The first-order valence-electron chi connectivity index (χ1n) is 6.73. The SMILES string of the molecule is CN(Cc1cccnc1)C(=O)c1ccc2ncccc2c1. The zero-order valence-electron chi connectivity index (χ0n) is 11.7. The number of rotatable bonds is 3. The van der Waals surface area contributed by atoms with Crippen LogP contribution in [-0.2, 0) is 6.54 Å². The van der Waals surface area contributed by atoms with Gasteiger partial charge in [-0.1, -0.05) is 12.1 Å². The Morgan fingerprint density at radius 2 is 2.00 bits per heavy atom. The molecule has 21 heavy (non-hydrogen) atoms. The van der Waals surface area contributed by atoms with E-state index in [-0.39, 0.29) is 5.91 Å². The van der Waals surface area contributed by atoms with Crippen molar-refractivity contribution in [2.45, 2.75) is 6.54 Å². The summed E-state index contributed by atoms with van der Waals surface area (Å²) >= 11 is 0. The van der Waals surface area contributed by atoms with E-state index in [0.29, 0.717) is 12.1 Å². The number of carbonyl (C=O) groups is 1. The number of fused-ring (bicyclic) bond motifs is 1. The van der Waals surface area contributed by atoms with Crippen molar-refractivity contribution in [2.24, 2.45) is 0 Å². The van der Waals surface area contributed by atoms with Gasteiger partial charge in [-0.3, -0.25) is 14.8 Å². The molecule has 4 nitrogen and oxygen atoms in total. The second kappa shape index (κ2) is 5.71. The second-order valence-corrected chi connectivity index (χ2v) is 4.93. The van der Waals surface area contributed by atoms with Crippen molar-refractivity contribution in [2.75, 3.05) is 7.05 Å². The van der Waals surface area contributed by atoms with Crippen LogP contribution in [0.3, 0.4) is 0 Å². The topological polar surface area (TPSA) is 46.1 Å². The highest BCUT2D eigenvalue weighted by atomic mass is 16.2. The summed E-state index contributed by atoms with van der Waals surface area (Å²) in [5.41, 5.74) is 2.57. The molecule has 0 unspecified atom stereocenters. The van der Waals surface area contributed by atoms with Crippen molar-refractivity contribution in [1.29, 1.82) is 0 Å². The summed E-state index contributed by atoms with van der Waals surface area (Å²) in [6.07, 6.45) is 5.24. The fourth-order valence-corrected chi connectivity index (χ4v) is 2.27. The minimum atomic E-state index is -0.00962. The smallest absolute Gasteiger partial charge is 0.253 e. The summed E-state index contributed by atoms with van der Waals surface area (Å²) in [6.45, 7) is 0.539. The molecule has 0 bridgehead atoms. The molecule has 0 atom stereocenters. The standard InChI is InChI=1S/C17H15N3O/c1-20(12-13-4-2-8-18-11-13)17(21)15-6-7-16-14(10-15)5-3-9-19-16/h2-11H,12H2,1H3. The van der Waals surface area contributed by atoms with Crippen LogP contribution in [0.25, 0.3) is 10.9 Å². The van der Waals surface area contributed by atoms with Gasteiger partial charge in [0.15, 0.2) is 0 Å². The van der Waals surface area contributed by atoms with Gasteiger partial charge in [0.2, 0.25) is 0 Å². The number of benzene rings is 1.